The van der Waals surface area contributed by atoms with Crippen molar-refractivity contribution in [3.63, 3.8) is 0 Å². The number of nitrogens with one attached hydrogen (secondary N) is 1. The van der Waals surface area contributed by atoms with Gasteiger partial charge >= 0.3 is 0 Å². The van der Waals surface area contributed by atoms with Gasteiger partial charge in [0.25, 0.3) is 0 Å². The van der Waals surface area contributed by atoms with E-state index in [0.29, 0.717) is 0 Å². The third kappa shape index (κ3) is 2.59. The molecule has 0 aliphatic carbocycles. The maximum Gasteiger partial charge on any atom is 0.0221 e. The maximum atomic E-state index is 3.70. The van der Waals surface area contributed by atoms with Crippen LogP contribution in [-0.4, -0.2) is 4.98 Å². The van der Waals surface area contributed by atoms with Crippen LogP contribution in [0, 0.1) is 0 Å². The van der Waals surface area contributed by atoms with Crippen LogP contribution in [0.15, 0.2) is 37.6 Å². The summed E-state index contributed by atoms with van der Waals surface area (Å²) in [5.74, 6) is 0. The Balaban J connectivity index is 0.00000121. The predicted octanol–water partition coefficient (Wildman–Crippen LogP) is 2.89. The molecule has 0 saturated carbocycles. The summed E-state index contributed by atoms with van der Waals surface area (Å²) in [6, 6.07) is 2.08. The average Bonchev–Trinajstić information content (AvgIpc) is 2.39. The summed E-state index contributed by atoms with van der Waals surface area (Å²) in [5, 5.41) is 0. The molecule has 0 spiro atoms. The Morgan fingerprint density at radius 2 is 1.92 bits per heavy atom. The lowest BCUT2D eigenvalue weighted by molar-refractivity contribution is 1.10. The molecule has 0 aliphatic heterocycles. The van der Waals surface area contributed by atoms with Crippen molar-refractivity contribution in [1.82, 2.24) is 4.98 Å². The Hall–Kier alpha value is -0.950. The van der Waals surface area contributed by atoms with Gasteiger partial charge in [-0.1, -0.05) is 12.2 Å². The Bertz CT molecular complexity index is 226. The molecule has 1 nitrogen and oxygen atoms in total. The van der Waals surface area contributed by atoms with Crippen molar-refractivity contribution in [2.75, 3.05) is 0 Å². The monoisotopic (exact) mass is 183 g/mol. The summed E-state index contributed by atoms with van der Waals surface area (Å²) in [6.45, 7) is 7.39. The van der Waals surface area contributed by atoms with Gasteiger partial charge < -0.3 is 4.98 Å². The summed E-state index contributed by atoms with van der Waals surface area (Å²) in [4.78, 5) is 3.17. The molecule has 12 heavy (non-hydrogen) atoms. The topological polar surface area (TPSA) is 15.8 Å². The van der Waals surface area contributed by atoms with E-state index in [4.69, 9.17) is 0 Å². The molecule has 0 aromatic carbocycles. The summed E-state index contributed by atoms with van der Waals surface area (Å²) < 4.78 is 0. The van der Waals surface area contributed by atoms with Gasteiger partial charge in [0.15, 0.2) is 0 Å². The van der Waals surface area contributed by atoms with Crippen molar-refractivity contribution < 1.29 is 0 Å². The predicted molar refractivity (Wildman–Crippen MR) is 55.8 cm³/mol. The van der Waals surface area contributed by atoms with Crippen LogP contribution in [0.3, 0.4) is 0 Å². The highest BCUT2D eigenvalue weighted by Gasteiger charge is 1.98. The lowest BCUT2D eigenvalue weighted by Gasteiger charge is -1.95. The van der Waals surface area contributed by atoms with Crippen LogP contribution >= 0.6 is 12.4 Å². The highest BCUT2D eigenvalue weighted by molar-refractivity contribution is 5.85. The molecule has 2 heteroatoms. The van der Waals surface area contributed by atoms with Crippen LogP contribution in [0.1, 0.15) is 11.3 Å². The van der Waals surface area contributed by atoms with Crippen LogP contribution < -0.4 is 0 Å². The Kier molecular flexibility index (Phi) is 5.22. The molecule has 0 bridgehead atoms. The summed E-state index contributed by atoms with van der Waals surface area (Å²) in [6.07, 6.45) is 7.62. The third-order valence-electron chi connectivity index (χ3n) is 1.64. The molecule has 0 amide bonds. The molecule has 1 heterocycles. The number of rotatable bonds is 4. The van der Waals surface area contributed by atoms with E-state index in [9.17, 15) is 0 Å². The number of hydrogen-bond acceptors (Lipinski definition) is 0. The molecule has 1 rings (SSSR count). The Labute approximate surface area is 79.6 Å². The second kappa shape index (κ2) is 5.67. The second-order valence-electron chi connectivity index (χ2n) is 2.47. The minimum atomic E-state index is 0. The molecule has 1 N–H and O–H groups in total. The molecule has 1 aromatic heterocycles. The fourth-order valence-corrected chi connectivity index (χ4v) is 1.12. The van der Waals surface area contributed by atoms with Gasteiger partial charge in [-0.05, 0) is 18.1 Å². The lowest BCUT2D eigenvalue weighted by atomic mass is 10.1. The number of aromatic amines is 1. The van der Waals surface area contributed by atoms with Crippen LogP contribution in [0.5, 0.6) is 0 Å². The normalized spacial score (nSPS) is 8.67. The van der Waals surface area contributed by atoms with Gasteiger partial charge in [0.2, 0.25) is 0 Å². The van der Waals surface area contributed by atoms with Crippen molar-refractivity contribution in [2.45, 2.75) is 12.8 Å². The van der Waals surface area contributed by atoms with Crippen LogP contribution in [0.2, 0.25) is 0 Å². The standard InChI is InChI=1S/C10H13N.ClH/c1-3-5-9-7-8-11-10(9)6-4-2;/h3-4,7-8,11H,1-2,5-6H2;1H. The van der Waals surface area contributed by atoms with Gasteiger partial charge in [0.1, 0.15) is 0 Å². The van der Waals surface area contributed by atoms with E-state index < -0.39 is 0 Å². The van der Waals surface area contributed by atoms with Crippen LogP contribution in [-0.2, 0) is 12.8 Å². The fourth-order valence-electron chi connectivity index (χ4n) is 1.12. The fraction of sp³-hybridized carbons (Fsp3) is 0.200. The van der Waals surface area contributed by atoms with Gasteiger partial charge in [0, 0.05) is 18.3 Å². The van der Waals surface area contributed by atoms with E-state index in [-0.39, 0.29) is 12.4 Å². The van der Waals surface area contributed by atoms with Crippen LogP contribution in [0.25, 0.3) is 0 Å². The van der Waals surface area contributed by atoms with E-state index in [2.05, 4.69) is 24.2 Å². The smallest absolute Gasteiger partial charge is 0.0221 e. The Morgan fingerprint density at radius 3 is 2.50 bits per heavy atom. The summed E-state index contributed by atoms with van der Waals surface area (Å²) >= 11 is 0. The van der Waals surface area contributed by atoms with Crippen LogP contribution in [0.4, 0.5) is 0 Å². The quantitative estimate of drug-likeness (QED) is 0.691. The summed E-state index contributed by atoms with van der Waals surface area (Å²) in [7, 11) is 0. The van der Waals surface area contributed by atoms with E-state index >= 15 is 0 Å². The van der Waals surface area contributed by atoms with Crippen molar-refractivity contribution in [3.8, 4) is 0 Å². The average molecular weight is 184 g/mol. The van der Waals surface area contributed by atoms with Crippen molar-refractivity contribution in [1.29, 1.82) is 0 Å². The molecule has 66 valence electrons. The molecule has 0 aliphatic rings. The molecule has 0 saturated heterocycles. The Morgan fingerprint density at radius 1 is 1.25 bits per heavy atom. The first kappa shape index (κ1) is 11.1. The van der Waals surface area contributed by atoms with Crippen molar-refractivity contribution in [3.05, 3.63) is 48.8 Å². The molecule has 1 aromatic rings. The first-order chi connectivity index (χ1) is 5.38. The number of aromatic nitrogens is 1. The largest absolute Gasteiger partial charge is 0.364 e. The minimum absolute atomic E-state index is 0. The summed E-state index contributed by atoms with van der Waals surface area (Å²) in [5.41, 5.74) is 2.57. The molecule has 0 atom stereocenters. The van der Waals surface area contributed by atoms with E-state index in [1.165, 1.54) is 11.3 Å². The number of allylic oxidation sites excluding steroid dienone is 2. The molecule has 0 unspecified atom stereocenters. The number of halogens is 1. The zero-order valence-corrected chi connectivity index (χ0v) is 7.86. The first-order valence-corrected chi connectivity index (χ1v) is 3.75. The van der Waals surface area contributed by atoms with Gasteiger partial charge in [-0.15, -0.1) is 25.6 Å². The lowest BCUT2D eigenvalue weighted by Crippen LogP contribution is -1.87. The van der Waals surface area contributed by atoms with Crippen molar-refractivity contribution >= 4 is 12.4 Å². The SMILES string of the molecule is C=CCc1cc[nH]c1CC=C.Cl. The van der Waals surface area contributed by atoms with Gasteiger partial charge in [-0.3, -0.25) is 0 Å². The molecule has 0 fully saturated rings. The minimum Gasteiger partial charge on any atom is -0.364 e. The number of hydrogen-bond donors (Lipinski definition) is 1. The third-order valence-corrected chi connectivity index (χ3v) is 1.64. The van der Waals surface area contributed by atoms with Gasteiger partial charge in [-0.2, -0.15) is 0 Å². The molecular weight excluding hydrogens is 170 g/mol. The van der Waals surface area contributed by atoms with E-state index in [0.717, 1.165) is 12.8 Å². The molecule has 0 radical (unpaired) electrons. The molecular formula is C10H14ClN. The van der Waals surface area contributed by atoms with E-state index in [1.54, 1.807) is 0 Å². The maximum absolute atomic E-state index is 3.70. The van der Waals surface area contributed by atoms with E-state index in [1.807, 2.05) is 18.3 Å². The number of H-pyrrole nitrogens is 1. The van der Waals surface area contributed by atoms with Crippen molar-refractivity contribution in [2.24, 2.45) is 0 Å². The van der Waals surface area contributed by atoms with Gasteiger partial charge in [0.05, 0.1) is 0 Å². The first-order valence-electron chi connectivity index (χ1n) is 3.75. The zero-order valence-electron chi connectivity index (χ0n) is 7.05. The zero-order chi connectivity index (χ0) is 8.10. The van der Waals surface area contributed by atoms with Gasteiger partial charge in [-0.25, -0.2) is 0 Å². The highest BCUT2D eigenvalue weighted by Crippen LogP contribution is 2.08. The second-order valence-corrected chi connectivity index (χ2v) is 2.47. The highest BCUT2D eigenvalue weighted by atomic mass is 35.5.